The summed E-state index contributed by atoms with van der Waals surface area (Å²) in [6.07, 6.45) is 2.32. The normalized spacial score (nSPS) is 10.7. The van der Waals surface area contributed by atoms with Gasteiger partial charge in [0.15, 0.2) is 11.6 Å². The maximum Gasteiger partial charge on any atom is 0.156 e. The average Bonchev–Trinajstić information content (AvgIpc) is 2.57. The number of hydrogen-bond acceptors (Lipinski definition) is 4. The summed E-state index contributed by atoms with van der Waals surface area (Å²) >= 11 is 3.17. The van der Waals surface area contributed by atoms with Crippen LogP contribution >= 0.6 is 15.9 Å². The highest BCUT2D eigenvalue weighted by atomic mass is 79.9. The van der Waals surface area contributed by atoms with Crippen LogP contribution in [0.1, 0.15) is 5.56 Å². The summed E-state index contributed by atoms with van der Waals surface area (Å²) in [5.74, 6) is -2.21. The van der Waals surface area contributed by atoms with E-state index in [1.807, 2.05) is 0 Å². The third-order valence-corrected chi connectivity index (χ3v) is 3.95. The standard InChI is InChI=1S/C17H10BrF3N4/c1-3-9-15(21)13(6-11(20)16(9)22-2)25-17-14-10(19)4-8(18)5-12(14)23-7-24-17/h3-7H,1-2H2,(H,23,24,25). The number of nitrogens with one attached hydrogen (secondary N) is 1. The molecule has 1 heterocycles. The average molecular weight is 407 g/mol. The molecule has 0 atom stereocenters. The molecule has 3 rings (SSSR count). The highest BCUT2D eigenvalue weighted by molar-refractivity contribution is 9.10. The Labute approximate surface area is 149 Å². The van der Waals surface area contributed by atoms with Gasteiger partial charge in [0.25, 0.3) is 0 Å². The molecule has 0 spiro atoms. The zero-order valence-corrected chi connectivity index (χ0v) is 14.2. The molecule has 126 valence electrons. The summed E-state index contributed by atoms with van der Waals surface area (Å²) in [4.78, 5) is 11.4. The second-order valence-electron chi connectivity index (χ2n) is 4.97. The molecule has 0 bridgehead atoms. The zero-order valence-electron chi connectivity index (χ0n) is 12.7. The van der Waals surface area contributed by atoms with Crippen molar-refractivity contribution in [2.24, 2.45) is 4.99 Å². The molecule has 0 aliphatic carbocycles. The Morgan fingerprint density at radius 2 is 1.88 bits per heavy atom. The highest BCUT2D eigenvalue weighted by Gasteiger charge is 2.18. The van der Waals surface area contributed by atoms with Gasteiger partial charge in [0, 0.05) is 16.1 Å². The topological polar surface area (TPSA) is 50.2 Å². The summed E-state index contributed by atoms with van der Waals surface area (Å²) in [6.45, 7) is 6.67. The minimum Gasteiger partial charge on any atom is -0.337 e. The summed E-state index contributed by atoms with van der Waals surface area (Å²) < 4.78 is 43.5. The number of benzene rings is 2. The number of rotatable bonds is 4. The van der Waals surface area contributed by atoms with Gasteiger partial charge >= 0.3 is 0 Å². The Kier molecular flexibility index (Phi) is 4.54. The van der Waals surface area contributed by atoms with E-state index in [-0.39, 0.29) is 28.1 Å². The largest absolute Gasteiger partial charge is 0.337 e. The number of aliphatic imine (C=N–C) groups is 1. The molecular weight excluding hydrogens is 397 g/mol. The van der Waals surface area contributed by atoms with Crippen LogP contribution in [0.4, 0.5) is 30.4 Å². The van der Waals surface area contributed by atoms with E-state index < -0.39 is 17.5 Å². The number of anilines is 2. The third kappa shape index (κ3) is 3.00. The molecule has 0 aliphatic rings. The van der Waals surface area contributed by atoms with E-state index in [4.69, 9.17) is 0 Å². The Morgan fingerprint density at radius 1 is 1.12 bits per heavy atom. The lowest BCUT2D eigenvalue weighted by molar-refractivity contribution is 0.603. The number of aromatic nitrogens is 2. The van der Waals surface area contributed by atoms with Crippen molar-refractivity contribution in [1.29, 1.82) is 0 Å². The van der Waals surface area contributed by atoms with Crippen LogP contribution in [0.5, 0.6) is 0 Å². The molecule has 0 saturated heterocycles. The zero-order chi connectivity index (χ0) is 18.1. The summed E-state index contributed by atoms with van der Waals surface area (Å²) in [7, 11) is 0. The van der Waals surface area contributed by atoms with Crippen molar-refractivity contribution in [2.75, 3.05) is 5.32 Å². The quantitative estimate of drug-likeness (QED) is 0.579. The Bertz CT molecular complexity index is 1020. The fourth-order valence-electron chi connectivity index (χ4n) is 2.41. The monoisotopic (exact) mass is 406 g/mol. The van der Waals surface area contributed by atoms with Gasteiger partial charge in [-0.1, -0.05) is 28.6 Å². The van der Waals surface area contributed by atoms with Crippen molar-refractivity contribution in [3.05, 3.63) is 58.6 Å². The SMILES string of the molecule is C=Cc1c(F)c(Nc2ncnc3cc(Br)cc(F)c23)cc(F)c1N=C. The van der Waals surface area contributed by atoms with Crippen LogP contribution in [0.2, 0.25) is 0 Å². The van der Waals surface area contributed by atoms with Crippen molar-refractivity contribution >= 4 is 56.8 Å². The van der Waals surface area contributed by atoms with Gasteiger partial charge < -0.3 is 5.32 Å². The van der Waals surface area contributed by atoms with E-state index in [0.717, 1.165) is 12.1 Å². The molecule has 0 unspecified atom stereocenters. The van der Waals surface area contributed by atoms with Crippen molar-refractivity contribution < 1.29 is 13.2 Å². The molecule has 0 amide bonds. The lowest BCUT2D eigenvalue weighted by atomic mass is 10.1. The molecule has 1 aromatic heterocycles. The summed E-state index contributed by atoms with van der Waals surface area (Å²) in [6, 6.07) is 3.72. The van der Waals surface area contributed by atoms with Gasteiger partial charge in [-0.15, -0.1) is 0 Å². The first-order chi connectivity index (χ1) is 12.0. The number of halogens is 4. The Morgan fingerprint density at radius 3 is 2.56 bits per heavy atom. The molecule has 3 aromatic rings. The van der Waals surface area contributed by atoms with E-state index in [2.05, 4.69) is 49.5 Å². The van der Waals surface area contributed by atoms with Crippen LogP contribution in [0.15, 0.2) is 40.6 Å². The number of fused-ring (bicyclic) bond motifs is 1. The van der Waals surface area contributed by atoms with Crippen molar-refractivity contribution in [3.8, 4) is 0 Å². The van der Waals surface area contributed by atoms with Crippen LogP contribution in [-0.4, -0.2) is 16.7 Å². The number of hydrogen-bond donors (Lipinski definition) is 1. The molecule has 0 fully saturated rings. The van der Waals surface area contributed by atoms with E-state index in [9.17, 15) is 13.2 Å². The van der Waals surface area contributed by atoms with Crippen LogP contribution in [0.25, 0.3) is 17.0 Å². The van der Waals surface area contributed by atoms with E-state index in [1.165, 1.54) is 12.4 Å². The Balaban J connectivity index is 2.19. The molecule has 4 nitrogen and oxygen atoms in total. The predicted molar refractivity (Wildman–Crippen MR) is 96.1 cm³/mol. The second kappa shape index (κ2) is 6.64. The maximum absolute atomic E-state index is 14.6. The minimum atomic E-state index is -0.803. The second-order valence-corrected chi connectivity index (χ2v) is 5.89. The first-order valence-corrected chi connectivity index (χ1v) is 7.73. The van der Waals surface area contributed by atoms with Crippen molar-refractivity contribution in [2.45, 2.75) is 0 Å². The lowest BCUT2D eigenvalue weighted by Gasteiger charge is -2.13. The van der Waals surface area contributed by atoms with Gasteiger partial charge in [-0.2, -0.15) is 0 Å². The molecular formula is C17H10BrF3N4. The van der Waals surface area contributed by atoms with Gasteiger partial charge in [-0.25, -0.2) is 23.1 Å². The highest BCUT2D eigenvalue weighted by Crippen LogP contribution is 2.35. The van der Waals surface area contributed by atoms with Gasteiger partial charge in [0.1, 0.15) is 23.6 Å². The summed E-state index contributed by atoms with van der Waals surface area (Å²) in [5, 5.41) is 2.66. The predicted octanol–water partition coefficient (Wildman–Crippen LogP) is 5.53. The van der Waals surface area contributed by atoms with E-state index in [1.54, 1.807) is 6.07 Å². The molecule has 0 radical (unpaired) electrons. The first kappa shape index (κ1) is 17.1. The fraction of sp³-hybridized carbons (Fsp3) is 0. The van der Waals surface area contributed by atoms with Crippen molar-refractivity contribution in [3.63, 3.8) is 0 Å². The van der Waals surface area contributed by atoms with Gasteiger partial charge in [0.2, 0.25) is 0 Å². The third-order valence-electron chi connectivity index (χ3n) is 3.50. The minimum absolute atomic E-state index is 0.00243. The van der Waals surface area contributed by atoms with Crippen LogP contribution < -0.4 is 5.32 Å². The first-order valence-electron chi connectivity index (χ1n) is 6.94. The van der Waals surface area contributed by atoms with Crippen LogP contribution in [-0.2, 0) is 0 Å². The number of nitrogens with zero attached hydrogens (tertiary/aromatic N) is 3. The van der Waals surface area contributed by atoms with Crippen LogP contribution in [0, 0.1) is 17.5 Å². The molecule has 8 heteroatoms. The van der Waals surface area contributed by atoms with Gasteiger partial charge in [-0.3, -0.25) is 4.99 Å². The van der Waals surface area contributed by atoms with Gasteiger partial charge in [-0.05, 0) is 18.9 Å². The molecule has 0 aliphatic heterocycles. The smallest absolute Gasteiger partial charge is 0.156 e. The van der Waals surface area contributed by atoms with E-state index in [0.29, 0.717) is 9.99 Å². The summed E-state index contributed by atoms with van der Waals surface area (Å²) in [5.41, 5.74) is -0.333. The van der Waals surface area contributed by atoms with Crippen LogP contribution in [0.3, 0.4) is 0 Å². The van der Waals surface area contributed by atoms with Crippen molar-refractivity contribution in [1.82, 2.24) is 9.97 Å². The lowest BCUT2D eigenvalue weighted by Crippen LogP contribution is -2.02. The molecule has 1 N–H and O–H groups in total. The van der Waals surface area contributed by atoms with Gasteiger partial charge in [0.05, 0.1) is 16.6 Å². The molecule has 25 heavy (non-hydrogen) atoms. The van der Waals surface area contributed by atoms with E-state index >= 15 is 0 Å². The molecule has 0 saturated carbocycles. The maximum atomic E-state index is 14.6. The fourth-order valence-corrected chi connectivity index (χ4v) is 2.82. The molecule has 2 aromatic carbocycles. The Hall–Kier alpha value is -2.74.